The normalized spacial score (nSPS) is 20.1. The van der Waals surface area contributed by atoms with Crippen LogP contribution in [0.2, 0.25) is 0 Å². The van der Waals surface area contributed by atoms with E-state index in [4.69, 9.17) is 9.97 Å². The molecule has 1 aliphatic heterocycles. The molecule has 0 atom stereocenters. The van der Waals surface area contributed by atoms with Crippen molar-refractivity contribution in [1.29, 1.82) is 0 Å². The van der Waals surface area contributed by atoms with Crippen molar-refractivity contribution in [2.45, 2.75) is 57.4 Å². The monoisotopic (exact) mass is 436 g/mol. The molecule has 0 N–H and O–H groups in total. The fourth-order valence-electron chi connectivity index (χ4n) is 5.05. The van der Waals surface area contributed by atoms with Crippen molar-refractivity contribution in [2.24, 2.45) is 0 Å². The van der Waals surface area contributed by atoms with E-state index < -0.39 is 0 Å². The summed E-state index contributed by atoms with van der Waals surface area (Å²) in [6, 6.07) is 6.92. The molecule has 2 aromatic heterocycles. The Bertz CT molecular complexity index is 1080. The minimum absolute atomic E-state index is 0.164. The van der Waals surface area contributed by atoms with Crippen molar-refractivity contribution in [3.05, 3.63) is 51.9 Å². The number of halogens is 1. The van der Waals surface area contributed by atoms with Crippen LogP contribution in [0.4, 0.5) is 10.2 Å². The summed E-state index contributed by atoms with van der Waals surface area (Å²) < 4.78 is 13.2. The highest BCUT2D eigenvalue weighted by molar-refractivity contribution is 7.19. The molecule has 0 spiro atoms. The van der Waals surface area contributed by atoms with Gasteiger partial charge in [0.05, 0.1) is 5.39 Å². The van der Waals surface area contributed by atoms with Gasteiger partial charge >= 0.3 is 0 Å². The number of fused-ring (bicyclic) bond motifs is 3. The Balaban J connectivity index is 1.27. The van der Waals surface area contributed by atoms with Gasteiger partial charge in [0.25, 0.3) is 0 Å². The summed E-state index contributed by atoms with van der Waals surface area (Å²) in [5, 5.41) is 1.36. The zero-order valence-electron chi connectivity index (χ0n) is 17.9. The summed E-state index contributed by atoms with van der Waals surface area (Å²) in [5.74, 6) is 2.69. The van der Waals surface area contributed by atoms with Crippen LogP contribution in [0.25, 0.3) is 10.2 Å². The predicted molar refractivity (Wildman–Crippen MR) is 125 cm³/mol. The van der Waals surface area contributed by atoms with E-state index in [1.54, 1.807) is 22.6 Å². The summed E-state index contributed by atoms with van der Waals surface area (Å²) >= 11 is 1.94. The second-order valence-corrected chi connectivity index (χ2v) is 10.4. The maximum absolute atomic E-state index is 13.2. The topological polar surface area (TPSA) is 32.3 Å². The molecular weight excluding hydrogens is 407 g/mol. The standard InChI is InChI=1S/C25H29FN4S/c26-19-10-6-17(7-11-19)16-29-12-14-30(15-13-29)24-22-20-4-2-1-3-5-21(20)31-25(22)28-23(27-24)18-8-9-18/h6-7,10-11,18H,1-5,8-9,12-16H2. The van der Waals surface area contributed by atoms with Gasteiger partial charge in [0.2, 0.25) is 0 Å². The molecule has 1 aromatic carbocycles. The quantitative estimate of drug-likeness (QED) is 0.520. The molecule has 3 aliphatic rings. The maximum Gasteiger partial charge on any atom is 0.141 e. The average molecular weight is 437 g/mol. The smallest absolute Gasteiger partial charge is 0.141 e. The van der Waals surface area contributed by atoms with Crippen LogP contribution in [-0.2, 0) is 19.4 Å². The van der Waals surface area contributed by atoms with Gasteiger partial charge in [-0.15, -0.1) is 11.3 Å². The lowest BCUT2D eigenvalue weighted by molar-refractivity contribution is 0.249. The molecule has 2 aliphatic carbocycles. The van der Waals surface area contributed by atoms with Crippen LogP contribution < -0.4 is 4.90 Å². The Morgan fingerprint density at radius 1 is 0.935 bits per heavy atom. The van der Waals surface area contributed by atoms with Gasteiger partial charge in [-0.1, -0.05) is 18.6 Å². The fourth-order valence-corrected chi connectivity index (χ4v) is 6.31. The summed E-state index contributed by atoms with van der Waals surface area (Å²) in [4.78, 5) is 18.0. The van der Waals surface area contributed by atoms with Crippen molar-refractivity contribution >= 4 is 27.4 Å². The van der Waals surface area contributed by atoms with Crippen LogP contribution in [0.3, 0.4) is 0 Å². The first-order chi connectivity index (χ1) is 15.2. The minimum atomic E-state index is -0.164. The maximum atomic E-state index is 13.2. The zero-order valence-corrected chi connectivity index (χ0v) is 18.8. The molecular formula is C25H29FN4S. The molecule has 4 nitrogen and oxygen atoms in total. The summed E-state index contributed by atoms with van der Waals surface area (Å²) in [6.07, 6.45) is 8.79. The second kappa shape index (κ2) is 8.14. The number of benzene rings is 1. The van der Waals surface area contributed by atoms with Gasteiger partial charge in [-0.05, 0) is 61.8 Å². The molecule has 1 saturated carbocycles. The van der Waals surface area contributed by atoms with Crippen molar-refractivity contribution in [3.63, 3.8) is 0 Å². The number of nitrogens with zero attached hydrogens (tertiary/aromatic N) is 4. The van der Waals surface area contributed by atoms with E-state index in [2.05, 4.69) is 9.80 Å². The van der Waals surface area contributed by atoms with Gasteiger partial charge in [-0.2, -0.15) is 0 Å². The number of hydrogen-bond acceptors (Lipinski definition) is 5. The lowest BCUT2D eigenvalue weighted by atomic mass is 10.1. The first kappa shape index (κ1) is 19.6. The van der Waals surface area contributed by atoms with E-state index in [-0.39, 0.29) is 5.82 Å². The summed E-state index contributed by atoms with van der Waals surface area (Å²) in [6.45, 7) is 4.88. The van der Waals surface area contributed by atoms with Crippen LogP contribution in [0.1, 0.15) is 59.9 Å². The third-order valence-electron chi connectivity index (χ3n) is 7.00. The lowest BCUT2D eigenvalue weighted by Crippen LogP contribution is -2.46. The van der Waals surface area contributed by atoms with E-state index in [9.17, 15) is 4.39 Å². The third-order valence-corrected chi connectivity index (χ3v) is 8.18. The van der Waals surface area contributed by atoms with Crippen LogP contribution in [0, 0.1) is 5.82 Å². The first-order valence-corrected chi connectivity index (χ1v) is 12.6. The number of hydrogen-bond donors (Lipinski definition) is 0. The fraction of sp³-hybridized carbons (Fsp3) is 0.520. The molecule has 0 amide bonds. The molecule has 6 heteroatoms. The minimum Gasteiger partial charge on any atom is -0.353 e. The molecule has 162 valence electrons. The van der Waals surface area contributed by atoms with Gasteiger partial charge in [0.1, 0.15) is 22.3 Å². The summed E-state index contributed by atoms with van der Waals surface area (Å²) in [5.41, 5.74) is 2.72. The number of thiophene rings is 1. The molecule has 3 heterocycles. The van der Waals surface area contributed by atoms with Gasteiger partial charge in [0, 0.05) is 43.5 Å². The SMILES string of the molecule is Fc1ccc(CN2CCN(c3nc(C4CC4)nc4sc5c(c34)CCCCC5)CC2)cc1. The van der Waals surface area contributed by atoms with E-state index >= 15 is 0 Å². The van der Waals surface area contributed by atoms with Crippen molar-refractivity contribution in [1.82, 2.24) is 14.9 Å². The van der Waals surface area contributed by atoms with Crippen LogP contribution in [-0.4, -0.2) is 41.0 Å². The van der Waals surface area contributed by atoms with Gasteiger partial charge < -0.3 is 4.90 Å². The molecule has 0 bridgehead atoms. The molecule has 0 unspecified atom stereocenters. The first-order valence-electron chi connectivity index (χ1n) is 11.8. The molecule has 2 fully saturated rings. The number of rotatable bonds is 4. The molecule has 6 rings (SSSR count). The predicted octanol–water partition coefficient (Wildman–Crippen LogP) is 5.30. The molecule has 0 radical (unpaired) electrons. The Hall–Kier alpha value is -2.05. The van der Waals surface area contributed by atoms with E-state index in [0.29, 0.717) is 5.92 Å². The van der Waals surface area contributed by atoms with Crippen LogP contribution in [0.15, 0.2) is 24.3 Å². The highest BCUT2D eigenvalue weighted by Gasteiger charge is 2.31. The number of anilines is 1. The largest absolute Gasteiger partial charge is 0.353 e. The highest BCUT2D eigenvalue weighted by atomic mass is 32.1. The molecule has 1 saturated heterocycles. The Morgan fingerprint density at radius 2 is 1.71 bits per heavy atom. The Labute approximate surface area is 187 Å². The average Bonchev–Trinajstić information content (AvgIpc) is 3.61. The summed E-state index contributed by atoms with van der Waals surface area (Å²) in [7, 11) is 0. The van der Waals surface area contributed by atoms with Crippen LogP contribution >= 0.6 is 11.3 Å². The third kappa shape index (κ3) is 3.96. The lowest BCUT2D eigenvalue weighted by Gasteiger charge is -2.36. The van der Waals surface area contributed by atoms with E-state index in [0.717, 1.165) is 38.5 Å². The molecule has 31 heavy (non-hydrogen) atoms. The van der Waals surface area contributed by atoms with Crippen molar-refractivity contribution in [3.8, 4) is 0 Å². The number of piperazine rings is 1. The Morgan fingerprint density at radius 3 is 2.48 bits per heavy atom. The number of aryl methyl sites for hydroxylation is 2. The van der Waals surface area contributed by atoms with E-state index in [1.165, 1.54) is 66.5 Å². The van der Waals surface area contributed by atoms with Gasteiger partial charge in [-0.3, -0.25) is 4.90 Å². The van der Waals surface area contributed by atoms with Crippen molar-refractivity contribution < 1.29 is 4.39 Å². The highest BCUT2D eigenvalue weighted by Crippen LogP contribution is 2.44. The van der Waals surface area contributed by atoms with Crippen LogP contribution in [0.5, 0.6) is 0 Å². The Kier molecular flexibility index (Phi) is 5.15. The van der Waals surface area contributed by atoms with Gasteiger partial charge in [0.15, 0.2) is 0 Å². The zero-order chi connectivity index (χ0) is 20.8. The van der Waals surface area contributed by atoms with Crippen molar-refractivity contribution in [2.75, 3.05) is 31.1 Å². The number of aromatic nitrogens is 2. The molecule has 3 aromatic rings. The second-order valence-electron chi connectivity index (χ2n) is 9.31. The van der Waals surface area contributed by atoms with Gasteiger partial charge in [-0.25, -0.2) is 14.4 Å². The van der Waals surface area contributed by atoms with E-state index in [1.807, 2.05) is 23.5 Å².